The van der Waals surface area contributed by atoms with Crippen molar-refractivity contribution in [3.63, 3.8) is 0 Å². The van der Waals surface area contributed by atoms with Gasteiger partial charge in [0.25, 0.3) is 5.91 Å². The van der Waals surface area contributed by atoms with E-state index in [-0.39, 0.29) is 24.4 Å². The van der Waals surface area contributed by atoms with Crippen molar-refractivity contribution in [1.29, 1.82) is 0 Å². The molecule has 1 saturated heterocycles. The molecule has 1 amide bonds. The summed E-state index contributed by atoms with van der Waals surface area (Å²) < 4.78 is 13.6. The zero-order chi connectivity index (χ0) is 26.0. The highest BCUT2D eigenvalue weighted by atomic mass is 35.5. The number of aromatic nitrogens is 1. The standard InChI is InChI=1S/C30H39N3O4.ClH/c1-20-26-17-23(18-31-22-12-14-30(2,35)15-13-22)33(3)28(26)11-10-27(20)32-29(34)21-6-8-24(9-7-21)37-19-25-5-4-16-36-25;/h6-11,17,22,25,31,35H,4-5,12-16,18-19H2,1-3H3,(H,32,34);1H/t22-,25-,30+;/m0./s1. The second kappa shape index (κ2) is 12.1. The zero-order valence-corrected chi connectivity index (χ0v) is 23.4. The van der Waals surface area contributed by atoms with Gasteiger partial charge >= 0.3 is 0 Å². The van der Waals surface area contributed by atoms with Gasteiger partial charge in [-0.3, -0.25) is 4.79 Å². The number of halogens is 1. The van der Waals surface area contributed by atoms with E-state index >= 15 is 0 Å². The second-order valence-electron chi connectivity index (χ2n) is 10.9. The maximum atomic E-state index is 13.0. The maximum Gasteiger partial charge on any atom is 0.255 e. The van der Waals surface area contributed by atoms with E-state index in [9.17, 15) is 9.90 Å². The first-order chi connectivity index (χ1) is 17.8. The molecule has 2 aromatic carbocycles. The third-order valence-corrected chi connectivity index (χ3v) is 8.05. The van der Waals surface area contributed by atoms with Crippen molar-refractivity contribution in [2.45, 2.75) is 76.7 Å². The van der Waals surface area contributed by atoms with Crippen LogP contribution in [0, 0.1) is 6.92 Å². The van der Waals surface area contributed by atoms with E-state index in [1.54, 1.807) is 12.1 Å². The fraction of sp³-hybridized carbons (Fsp3) is 0.500. The van der Waals surface area contributed by atoms with Gasteiger partial charge in [-0.15, -0.1) is 12.4 Å². The van der Waals surface area contributed by atoms with Gasteiger partial charge < -0.3 is 29.8 Å². The van der Waals surface area contributed by atoms with Gasteiger partial charge in [-0.2, -0.15) is 0 Å². The Hall–Kier alpha value is -2.58. The first-order valence-corrected chi connectivity index (χ1v) is 13.5. The summed E-state index contributed by atoms with van der Waals surface area (Å²) in [4.78, 5) is 13.0. The predicted octanol–water partition coefficient (Wildman–Crippen LogP) is 5.50. The highest BCUT2D eigenvalue weighted by Crippen LogP contribution is 2.30. The normalized spacial score (nSPS) is 23.3. The molecule has 1 aliphatic heterocycles. The molecule has 0 unspecified atom stereocenters. The van der Waals surface area contributed by atoms with Crippen LogP contribution in [-0.2, 0) is 18.3 Å². The van der Waals surface area contributed by atoms with Crippen LogP contribution >= 0.6 is 12.4 Å². The van der Waals surface area contributed by atoms with Gasteiger partial charge in [-0.1, -0.05) is 0 Å². The van der Waals surface area contributed by atoms with Crippen LogP contribution in [0.2, 0.25) is 0 Å². The lowest BCUT2D eigenvalue weighted by Crippen LogP contribution is -2.39. The van der Waals surface area contributed by atoms with E-state index in [2.05, 4.69) is 41.3 Å². The Morgan fingerprint density at radius 1 is 1.16 bits per heavy atom. The second-order valence-corrected chi connectivity index (χ2v) is 10.9. The smallest absolute Gasteiger partial charge is 0.255 e. The Kier molecular flexibility index (Phi) is 9.04. The number of ether oxygens (including phenoxy) is 2. The molecule has 0 bridgehead atoms. The van der Waals surface area contributed by atoms with Crippen molar-refractivity contribution in [3.8, 4) is 5.75 Å². The van der Waals surface area contributed by atoms with E-state index in [0.717, 1.165) is 79.6 Å². The van der Waals surface area contributed by atoms with Gasteiger partial charge in [0.2, 0.25) is 0 Å². The first kappa shape index (κ1) is 28.4. The predicted molar refractivity (Wildman–Crippen MR) is 153 cm³/mol. The summed E-state index contributed by atoms with van der Waals surface area (Å²) in [5, 5.41) is 18.1. The number of amides is 1. The monoisotopic (exact) mass is 541 g/mol. The topological polar surface area (TPSA) is 84.8 Å². The SMILES string of the molecule is Cc1c(NC(=O)c2ccc(OC[C@@H]3CCCO3)cc2)ccc2c1cc(CN[C@H]1CC[C@@](C)(O)CC1)n2C.Cl. The Morgan fingerprint density at radius 3 is 2.58 bits per heavy atom. The summed E-state index contributed by atoms with van der Waals surface area (Å²) in [5.74, 6) is 0.604. The molecule has 3 N–H and O–H groups in total. The van der Waals surface area contributed by atoms with Crippen LogP contribution in [0.25, 0.3) is 10.9 Å². The Bertz CT molecular complexity index is 1240. The average Bonchev–Trinajstić information content (AvgIpc) is 3.52. The molecule has 3 aromatic rings. The summed E-state index contributed by atoms with van der Waals surface area (Å²) in [6.07, 6.45) is 5.96. The summed E-state index contributed by atoms with van der Waals surface area (Å²) in [6, 6.07) is 14.0. The van der Waals surface area contributed by atoms with Gasteiger partial charge in [0.1, 0.15) is 12.4 Å². The molecule has 206 valence electrons. The van der Waals surface area contributed by atoms with Crippen LogP contribution in [0.3, 0.4) is 0 Å². The van der Waals surface area contributed by atoms with Crippen molar-refractivity contribution < 1.29 is 19.4 Å². The highest BCUT2D eigenvalue weighted by Gasteiger charge is 2.28. The van der Waals surface area contributed by atoms with Crippen LogP contribution in [0.4, 0.5) is 5.69 Å². The summed E-state index contributed by atoms with van der Waals surface area (Å²) in [6.45, 7) is 6.12. The third kappa shape index (κ3) is 6.52. The molecule has 7 nitrogen and oxygen atoms in total. The molecular formula is C30H40ClN3O4. The zero-order valence-electron chi connectivity index (χ0n) is 22.6. The maximum absolute atomic E-state index is 13.0. The number of benzene rings is 2. The number of carbonyl (C=O) groups is 1. The van der Waals surface area contributed by atoms with Crippen molar-refractivity contribution in [2.24, 2.45) is 7.05 Å². The molecule has 2 fully saturated rings. The fourth-order valence-electron chi connectivity index (χ4n) is 5.47. The quantitative estimate of drug-likeness (QED) is 0.350. The number of hydrogen-bond donors (Lipinski definition) is 3. The lowest BCUT2D eigenvalue weighted by Gasteiger charge is -2.33. The number of rotatable bonds is 8. The summed E-state index contributed by atoms with van der Waals surface area (Å²) in [7, 11) is 2.09. The molecule has 2 heterocycles. The Morgan fingerprint density at radius 2 is 1.89 bits per heavy atom. The molecule has 38 heavy (non-hydrogen) atoms. The summed E-state index contributed by atoms with van der Waals surface area (Å²) >= 11 is 0. The van der Waals surface area contributed by atoms with Gasteiger partial charge in [0, 0.05) is 54.1 Å². The van der Waals surface area contributed by atoms with Crippen molar-refractivity contribution in [1.82, 2.24) is 9.88 Å². The van der Waals surface area contributed by atoms with Crippen LogP contribution in [0.15, 0.2) is 42.5 Å². The van der Waals surface area contributed by atoms with Crippen LogP contribution in [-0.4, -0.2) is 46.5 Å². The molecular weight excluding hydrogens is 502 g/mol. The van der Waals surface area contributed by atoms with E-state index < -0.39 is 5.60 Å². The van der Waals surface area contributed by atoms with Crippen molar-refractivity contribution in [3.05, 3.63) is 59.3 Å². The highest BCUT2D eigenvalue weighted by molar-refractivity contribution is 6.06. The number of nitrogens with zero attached hydrogens (tertiary/aromatic N) is 1. The van der Waals surface area contributed by atoms with Crippen molar-refractivity contribution >= 4 is 34.9 Å². The minimum Gasteiger partial charge on any atom is -0.491 e. The average molecular weight is 542 g/mol. The molecule has 1 aliphatic carbocycles. The van der Waals surface area contributed by atoms with E-state index in [0.29, 0.717) is 18.2 Å². The van der Waals surface area contributed by atoms with Crippen LogP contribution in [0.1, 0.15) is 67.1 Å². The van der Waals surface area contributed by atoms with E-state index in [1.807, 2.05) is 25.1 Å². The minimum atomic E-state index is -0.518. The van der Waals surface area contributed by atoms with Crippen LogP contribution < -0.4 is 15.4 Å². The van der Waals surface area contributed by atoms with Gasteiger partial charge in [0.15, 0.2) is 0 Å². The number of anilines is 1. The summed E-state index contributed by atoms with van der Waals surface area (Å²) in [5.41, 5.74) is 4.29. The van der Waals surface area contributed by atoms with E-state index in [4.69, 9.17) is 9.47 Å². The van der Waals surface area contributed by atoms with Crippen LogP contribution in [0.5, 0.6) is 5.75 Å². The lowest BCUT2D eigenvalue weighted by atomic mass is 9.83. The Balaban J connectivity index is 0.00000336. The van der Waals surface area contributed by atoms with Gasteiger partial charge in [-0.05, 0) is 100 Å². The molecule has 1 atom stereocenters. The molecule has 0 spiro atoms. The number of aliphatic hydroxyl groups is 1. The lowest BCUT2D eigenvalue weighted by molar-refractivity contribution is 0.0139. The van der Waals surface area contributed by atoms with Crippen molar-refractivity contribution in [2.75, 3.05) is 18.5 Å². The third-order valence-electron chi connectivity index (χ3n) is 8.05. The minimum absolute atomic E-state index is 0. The molecule has 8 heteroatoms. The molecule has 1 saturated carbocycles. The van der Waals surface area contributed by atoms with Gasteiger partial charge in [0.05, 0.1) is 11.7 Å². The molecule has 5 rings (SSSR count). The fourth-order valence-corrected chi connectivity index (χ4v) is 5.47. The van der Waals surface area contributed by atoms with E-state index in [1.165, 1.54) is 5.69 Å². The number of nitrogens with one attached hydrogen (secondary N) is 2. The Labute approximate surface area is 231 Å². The molecule has 1 aromatic heterocycles. The molecule has 0 radical (unpaired) electrons. The number of aryl methyl sites for hydroxylation is 2. The largest absolute Gasteiger partial charge is 0.491 e. The van der Waals surface area contributed by atoms with Gasteiger partial charge in [-0.25, -0.2) is 0 Å². The number of hydrogen-bond acceptors (Lipinski definition) is 5. The molecule has 2 aliphatic rings. The number of fused-ring (bicyclic) bond motifs is 1. The first-order valence-electron chi connectivity index (χ1n) is 13.5. The number of carbonyl (C=O) groups excluding carboxylic acids is 1.